The summed E-state index contributed by atoms with van der Waals surface area (Å²) in [7, 11) is 0.865. The van der Waals surface area contributed by atoms with E-state index in [1.807, 2.05) is 0 Å². The van der Waals surface area contributed by atoms with Gasteiger partial charge in [-0.05, 0) is 5.53 Å². The molecule has 4 aliphatic heterocycles. The van der Waals surface area contributed by atoms with Crippen LogP contribution in [0.25, 0.3) is 10.4 Å². The lowest BCUT2D eigenvalue weighted by Crippen LogP contribution is -2.72. The highest BCUT2D eigenvalue weighted by Crippen LogP contribution is 2.43. The first-order chi connectivity index (χ1) is 35.0. The highest BCUT2D eigenvalue weighted by atomic mass is 16.8. The molecule has 0 radical (unpaired) electrons. The van der Waals surface area contributed by atoms with Crippen molar-refractivity contribution in [3.8, 4) is 0 Å². The molecule has 17 atom stereocenters. The molecule has 5 rings (SSSR count). The molecule has 0 unspecified atom stereocenters. The Morgan fingerprint density at radius 2 is 1.42 bits per heavy atom. The van der Waals surface area contributed by atoms with Gasteiger partial charge in [-0.25, -0.2) is 4.79 Å². The fraction of sp³-hybridized carbons (Fsp3) is 0.667. The zero-order valence-corrected chi connectivity index (χ0v) is 41.5. The second kappa shape index (κ2) is 26.1. The summed E-state index contributed by atoms with van der Waals surface area (Å²) < 4.78 is 88.0. The molecule has 0 spiro atoms. The maximum Gasteiger partial charge on any atom is 0.366 e. The van der Waals surface area contributed by atoms with Crippen LogP contribution in [0.2, 0.25) is 0 Å². The summed E-state index contributed by atoms with van der Waals surface area (Å²) in [5.74, 6) is -12.5. The molecule has 0 aromatic heterocycles. The first kappa shape index (κ1) is 58.3. The number of methoxy groups -OCH3 is 1. The Labute approximate surface area is 421 Å². The number of nitrogens with zero attached hydrogens (tertiary/aromatic N) is 3. The zero-order chi connectivity index (χ0) is 54.6. The van der Waals surface area contributed by atoms with E-state index >= 15 is 0 Å². The number of nitrogens with one attached hydrogen (secondary N) is 1. The van der Waals surface area contributed by atoms with Crippen LogP contribution in [0.4, 0.5) is 0 Å². The number of carbonyl (C=O) groups is 9. The molecular formula is C45H58N4O25. The maximum atomic E-state index is 14.7. The smallest absolute Gasteiger partial charge is 0.366 e. The summed E-state index contributed by atoms with van der Waals surface area (Å²) in [4.78, 5) is 120. The van der Waals surface area contributed by atoms with Crippen LogP contribution in [0.15, 0.2) is 35.4 Å². The Morgan fingerprint density at radius 1 is 0.784 bits per heavy atom. The second-order valence-electron chi connectivity index (χ2n) is 17.0. The van der Waals surface area contributed by atoms with E-state index in [9.17, 15) is 53.8 Å². The third kappa shape index (κ3) is 15.0. The van der Waals surface area contributed by atoms with Gasteiger partial charge in [-0.15, -0.1) is 0 Å². The molecule has 4 aliphatic rings. The topological polar surface area (TPSA) is 373 Å². The van der Waals surface area contributed by atoms with Crippen molar-refractivity contribution in [3.63, 3.8) is 0 Å². The molecule has 29 heteroatoms. The SMILES string of the molecule is COC(=O)[C@@]1(O[C@H]2[C@@H](OC(C)=O)[C@@H](COC(C)=O)O[C@@H](O[C@@H]3[C@@H](N=[N+]=[N-])[C@H](O)O[C@@H]4CO[C@H](c5ccccc5)O[C@H]34)[C@@H]2OC(C)=O)C[C@H](OC(C)=O)[C@@H](NC(C)=O)[C@H]([C@H](OC(C)=O)[C@@H](COC(C)=O)OC(C)=O)O1. The van der Waals surface area contributed by atoms with E-state index in [0.717, 1.165) is 62.5 Å². The molecule has 29 nitrogen and oxygen atoms in total. The van der Waals surface area contributed by atoms with E-state index in [1.165, 1.54) is 0 Å². The van der Waals surface area contributed by atoms with Crippen molar-refractivity contribution in [1.29, 1.82) is 0 Å². The molecule has 1 amide bonds. The van der Waals surface area contributed by atoms with Crippen molar-refractivity contribution < 1.29 is 119 Å². The van der Waals surface area contributed by atoms with Gasteiger partial charge in [0, 0.05) is 65.9 Å². The lowest BCUT2D eigenvalue weighted by atomic mass is 9.87. The molecule has 1 aromatic rings. The minimum absolute atomic E-state index is 0.227. The summed E-state index contributed by atoms with van der Waals surface area (Å²) in [6.07, 6.45) is -25.7. The first-order valence-corrected chi connectivity index (χ1v) is 22.8. The van der Waals surface area contributed by atoms with Crippen molar-refractivity contribution in [1.82, 2.24) is 5.32 Å². The number of carbonyl (C=O) groups excluding carboxylic acids is 9. The largest absolute Gasteiger partial charge is 0.465 e. The normalized spacial score (nSPS) is 32.2. The van der Waals surface area contributed by atoms with Crippen LogP contribution in [-0.4, -0.2) is 183 Å². The molecule has 1 aromatic carbocycles. The van der Waals surface area contributed by atoms with Gasteiger partial charge in [0.15, 0.2) is 43.3 Å². The van der Waals surface area contributed by atoms with Crippen LogP contribution < -0.4 is 5.32 Å². The number of ether oxygens (including phenoxy) is 15. The molecule has 2 N–H and O–H groups in total. The van der Waals surface area contributed by atoms with Crippen molar-refractivity contribution in [2.24, 2.45) is 5.11 Å². The van der Waals surface area contributed by atoms with Gasteiger partial charge in [-0.1, -0.05) is 35.4 Å². The minimum atomic E-state index is -3.08. The molecule has 408 valence electrons. The Bertz CT molecular complexity index is 2260. The lowest BCUT2D eigenvalue weighted by molar-refractivity contribution is -0.391. The summed E-state index contributed by atoms with van der Waals surface area (Å²) in [6.45, 7) is 5.92. The zero-order valence-electron chi connectivity index (χ0n) is 41.5. The quantitative estimate of drug-likeness (QED) is 0.0602. The van der Waals surface area contributed by atoms with Gasteiger partial charge < -0.3 is 81.5 Å². The number of amides is 1. The number of rotatable bonds is 19. The summed E-state index contributed by atoms with van der Waals surface area (Å²) in [6, 6.07) is 5.19. The van der Waals surface area contributed by atoms with Crippen LogP contribution in [0.1, 0.15) is 73.7 Å². The molecule has 0 bridgehead atoms. The van der Waals surface area contributed by atoms with E-state index in [-0.39, 0.29) is 6.61 Å². The van der Waals surface area contributed by atoms with Crippen molar-refractivity contribution in [3.05, 3.63) is 46.3 Å². The van der Waals surface area contributed by atoms with Gasteiger partial charge >= 0.3 is 47.8 Å². The van der Waals surface area contributed by atoms with Crippen LogP contribution in [-0.2, 0) is 114 Å². The summed E-state index contributed by atoms with van der Waals surface area (Å²) in [5.41, 5.74) is 10.2. The van der Waals surface area contributed by atoms with Crippen LogP contribution in [0.3, 0.4) is 0 Å². The fourth-order valence-corrected chi connectivity index (χ4v) is 8.69. The molecular weight excluding hydrogens is 996 g/mol. The van der Waals surface area contributed by atoms with Crippen LogP contribution >= 0.6 is 0 Å². The first-order valence-electron chi connectivity index (χ1n) is 22.8. The molecule has 0 saturated carbocycles. The molecule has 74 heavy (non-hydrogen) atoms. The van der Waals surface area contributed by atoms with Crippen molar-refractivity contribution >= 4 is 53.7 Å². The number of aliphatic hydroxyl groups excluding tert-OH is 1. The van der Waals surface area contributed by atoms with Gasteiger partial charge in [0.2, 0.25) is 5.91 Å². The van der Waals surface area contributed by atoms with E-state index in [2.05, 4.69) is 15.3 Å². The number of esters is 8. The van der Waals surface area contributed by atoms with Gasteiger partial charge in [0.1, 0.15) is 62.0 Å². The predicted molar refractivity (Wildman–Crippen MR) is 235 cm³/mol. The monoisotopic (exact) mass is 1050 g/mol. The number of aliphatic hydroxyl groups is 1. The summed E-state index contributed by atoms with van der Waals surface area (Å²) in [5, 5.41) is 17.5. The Kier molecular flexibility index (Phi) is 20.6. The fourth-order valence-electron chi connectivity index (χ4n) is 8.69. The Balaban J connectivity index is 1.75. The molecule has 4 heterocycles. The number of fused-ring (bicyclic) bond motifs is 1. The minimum Gasteiger partial charge on any atom is -0.465 e. The average Bonchev–Trinajstić information content (AvgIpc) is 3.31. The van der Waals surface area contributed by atoms with E-state index in [0.29, 0.717) is 5.56 Å². The highest BCUT2D eigenvalue weighted by Gasteiger charge is 2.64. The third-order valence-corrected chi connectivity index (χ3v) is 11.3. The number of hydrogen-bond donors (Lipinski definition) is 2. The standard InChI is InChI=1S/C45H58N4O25/c1-19(50)47-32-28(64-22(4)53)15-45(44(59)60-9,73-38(32)35(66-24(6)55)29(65-23(5)54)16-61-20(2)51)74-39-36(67-25(7)56)31(17-62-21(3)52)70-43(40(39)68-26(8)57)72-37-33(48-49-46)41(58)69-30-18-63-42(71-34(30)37)27-13-11-10-12-14-27/h10-14,28-43,58H,15-18H2,1-9H3,(H,47,50)/t28-,29+,30+,31+,32+,33+,34-,35+,36-,37+,38+,39-,40+,41+,42-,43-,45-/m0/s1. The highest BCUT2D eigenvalue weighted by molar-refractivity contribution is 5.79. The number of azide groups is 1. The predicted octanol–water partition coefficient (Wildman–Crippen LogP) is -0.0604. The van der Waals surface area contributed by atoms with Crippen LogP contribution in [0, 0.1) is 0 Å². The van der Waals surface area contributed by atoms with Crippen molar-refractivity contribution in [2.45, 2.75) is 166 Å². The molecule has 0 aliphatic carbocycles. The van der Waals surface area contributed by atoms with E-state index in [1.54, 1.807) is 30.3 Å². The number of hydrogen-bond acceptors (Lipinski definition) is 26. The van der Waals surface area contributed by atoms with Gasteiger partial charge in [0.25, 0.3) is 5.79 Å². The Hall–Kier alpha value is -6.56. The van der Waals surface area contributed by atoms with Crippen LogP contribution in [0.5, 0.6) is 0 Å². The van der Waals surface area contributed by atoms with E-state index in [4.69, 9.17) is 71.1 Å². The van der Waals surface area contributed by atoms with Gasteiger partial charge in [-0.3, -0.25) is 38.4 Å². The number of benzene rings is 1. The maximum absolute atomic E-state index is 14.7. The van der Waals surface area contributed by atoms with Gasteiger partial charge in [0.05, 0.1) is 26.2 Å². The summed E-state index contributed by atoms with van der Waals surface area (Å²) >= 11 is 0. The molecule has 4 saturated heterocycles. The van der Waals surface area contributed by atoms with Gasteiger partial charge in [-0.2, -0.15) is 0 Å². The molecule has 4 fully saturated rings. The van der Waals surface area contributed by atoms with E-state index < -0.39 is 177 Å². The van der Waals surface area contributed by atoms with Crippen molar-refractivity contribution in [2.75, 3.05) is 26.9 Å². The Morgan fingerprint density at radius 3 is 1.99 bits per heavy atom. The average molecular weight is 1050 g/mol. The second-order valence-corrected chi connectivity index (χ2v) is 17.0. The lowest BCUT2D eigenvalue weighted by Gasteiger charge is -2.52. The third-order valence-electron chi connectivity index (χ3n) is 11.3.